The number of anilines is 1. The van der Waals surface area contributed by atoms with E-state index in [0.717, 1.165) is 12.8 Å². The maximum atomic E-state index is 13.3. The van der Waals surface area contributed by atoms with E-state index < -0.39 is 12.2 Å². The van der Waals surface area contributed by atoms with E-state index in [-0.39, 0.29) is 23.4 Å². The van der Waals surface area contributed by atoms with Gasteiger partial charge < -0.3 is 20.7 Å². The van der Waals surface area contributed by atoms with Gasteiger partial charge in [-0.25, -0.2) is 4.98 Å². The van der Waals surface area contributed by atoms with Gasteiger partial charge in [-0.1, -0.05) is 12.1 Å². The molecule has 2 aromatic rings. The Bertz CT molecular complexity index is 1090. The summed E-state index contributed by atoms with van der Waals surface area (Å²) in [5.41, 5.74) is 7.72. The molecule has 33 heavy (non-hydrogen) atoms. The fourth-order valence-electron chi connectivity index (χ4n) is 4.36. The molecule has 1 aromatic heterocycles. The minimum absolute atomic E-state index is 0.0190. The predicted molar refractivity (Wildman–Crippen MR) is 120 cm³/mol. The Labute approximate surface area is 191 Å². The maximum absolute atomic E-state index is 13.3. The summed E-state index contributed by atoms with van der Waals surface area (Å²) in [6, 6.07) is 8.20. The first-order chi connectivity index (χ1) is 15.7. The lowest BCUT2D eigenvalue weighted by atomic mass is 9.97. The SMILES string of the molecule is C[C@H](NC(=O)c1cnc(C#N)c(-c2cccc(OC(F)F)c2)c1N1CCC(C)(N)C1)C1CC1. The third kappa shape index (κ3) is 5.06. The number of carbonyl (C=O) groups is 1. The average Bonchev–Trinajstić information content (AvgIpc) is 3.55. The van der Waals surface area contributed by atoms with Crippen LogP contribution in [0.4, 0.5) is 14.5 Å². The van der Waals surface area contributed by atoms with Gasteiger partial charge in [0, 0.05) is 36.4 Å². The second-order valence-electron chi connectivity index (χ2n) is 9.19. The van der Waals surface area contributed by atoms with Crippen LogP contribution in [0.25, 0.3) is 11.1 Å². The molecule has 2 aliphatic rings. The summed E-state index contributed by atoms with van der Waals surface area (Å²) in [5, 5.41) is 12.9. The van der Waals surface area contributed by atoms with Gasteiger partial charge in [-0.15, -0.1) is 0 Å². The Morgan fingerprint density at radius 3 is 2.79 bits per heavy atom. The molecule has 0 bridgehead atoms. The molecule has 174 valence electrons. The van der Waals surface area contributed by atoms with E-state index >= 15 is 0 Å². The number of nitrogens with one attached hydrogen (secondary N) is 1. The third-order valence-corrected chi connectivity index (χ3v) is 6.26. The smallest absolute Gasteiger partial charge is 0.387 e. The number of rotatable bonds is 7. The Morgan fingerprint density at radius 2 is 2.18 bits per heavy atom. The van der Waals surface area contributed by atoms with Gasteiger partial charge in [0.2, 0.25) is 0 Å². The minimum atomic E-state index is -2.98. The number of carbonyl (C=O) groups excluding carboxylic acids is 1. The number of alkyl halides is 2. The Morgan fingerprint density at radius 1 is 1.42 bits per heavy atom. The number of benzene rings is 1. The molecular formula is C24H27F2N5O2. The lowest BCUT2D eigenvalue weighted by Crippen LogP contribution is -2.40. The first-order valence-corrected chi connectivity index (χ1v) is 11.0. The highest BCUT2D eigenvalue weighted by atomic mass is 19.3. The number of pyridine rings is 1. The normalized spacial score (nSPS) is 21.1. The largest absolute Gasteiger partial charge is 0.435 e. The van der Waals surface area contributed by atoms with Crippen molar-refractivity contribution in [2.75, 3.05) is 18.0 Å². The molecule has 1 saturated carbocycles. The molecule has 0 radical (unpaired) electrons. The number of ether oxygens (including phenoxy) is 1. The van der Waals surface area contributed by atoms with Crippen LogP contribution in [-0.4, -0.2) is 42.2 Å². The van der Waals surface area contributed by atoms with Crippen molar-refractivity contribution in [3.05, 3.63) is 41.7 Å². The lowest BCUT2D eigenvalue weighted by molar-refractivity contribution is -0.0498. The molecule has 1 aromatic carbocycles. The van der Waals surface area contributed by atoms with Crippen LogP contribution < -0.4 is 20.7 Å². The Hall–Kier alpha value is -3.25. The van der Waals surface area contributed by atoms with Gasteiger partial charge in [-0.05, 0) is 56.7 Å². The van der Waals surface area contributed by atoms with Crippen LogP contribution in [-0.2, 0) is 0 Å². The van der Waals surface area contributed by atoms with E-state index in [1.54, 1.807) is 12.1 Å². The minimum Gasteiger partial charge on any atom is -0.435 e. The van der Waals surface area contributed by atoms with Crippen molar-refractivity contribution in [1.82, 2.24) is 10.3 Å². The van der Waals surface area contributed by atoms with Gasteiger partial charge >= 0.3 is 6.61 Å². The van der Waals surface area contributed by atoms with Crippen molar-refractivity contribution in [3.8, 4) is 22.9 Å². The van der Waals surface area contributed by atoms with Gasteiger partial charge in [0.1, 0.15) is 17.5 Å². The standard InChI is InChI=1S/C24H27F2N5O2/c1-14(15-6-7-15)30-22(32)18-12-29-19(11-27)20(21(18)31-9-8-24(2,28)13-31)16-4-3-5-17(10-16)33-23(25)26/h3-5,10,12,14-15,23H,6-9,13,28H2,1-2H3,(H,30,32)/t14-,24?/m0/s1. The molecule has 0 spiro atoms. The number of aromatic nitrogens is 1. The van der Waals surface area contributed by atoms with Gasteiger partial charge in [0.15, 0.2) is 0 Å². The van der Waals surface area contributed by atoms with Gasteiger partial charge in [0.05, 0.1) is 11.3 Å². The summed E-state index contributed by atoms with van der Waals surface area (Å²) in [6.45, 7) is 1.99. The Balaban J connectivity index is 1.85. The summed E-state index contributed by atoms with van der Waals surface area (Å²) < 4.78 is 30.2. The summed E-state index contributed by atoms with van der Waals surface area (Å²) in [7, 11) is 0. The number of halogens is 2. The molecule has 2 heterocycles. The molecule has 1 aliphatic carbocycles. The number of hydrogen-bond acceptors (Lipinski definition) is 6. The number of nitriles is 1. The molecule has 4 rings (SSSR count). The zero-order chi connectivity index (χ0) is 23.8. The topological polar surface area (TPSA) is 104 Å². The molecule has 1 aliphatic heterocycles. The van der Waals surface area contributed by atoms with Crippen LogP contribution in [0.15, 0.2) is 30.5 Å². The molecule has 2 atom stereocenters. The third-order valence-electron chi connectivity index (χ3n) is 6.26. The highest BCUT2D eigenvalue weighted by molar-refractivity contribution is 6.04. The van der Waals surface area contributed by atoms with E-state index in [0.29, 0.717) is 47.8 Å². The molecule has 3 N–H and O–H groups in total. The van der Waals surface area contributed by atoms with Crippen LogP contribution in [0.1, 0.15) is 49.2 Å². The second-order valence-corrected chi connectivity index (χ2v) is 9.19. The van der Waals surface area contributed by atoms with E-state index in [9.17, 15) is 18.8 Å². The van der Waals surface area contributed by atoms with Crippen molar-refractivity contribution >= 4 is 11.6 Å². The first kappa shape index (κ1) is 22.9. The van der Waals surface area contributed by atoms with Gasteiger partial charge in [-0.3, -0.25) is 4.79 Å². The van der Waals surface area contributed by atoms with Crippen LogP contribution in [0.5, 0.6) is 5.75 Å². The zero-order valence-electron chi connectivity index (χ0n) is 18.6. The van der Waals surface area contributed by atoms with E-state index in [1.165, 1.54) is 18.3 Å². The summed E-state index contributed by atoms with van der Waals surface area (Å²) in [5.74, 6) is 0.137. The number of hydrogen-bond donors (Lipinski definition) is 2. The summed E-state index contributed by atoms with van der Waals surface area (Å²) in [6.07, 6.45) is 4.28. The predicted octanol–water partition coefficient (Wildman–Crippen LogP) is 3.68. The number of amides is 1. The summed E-state index contributed by atoms with van der Waals surface area (Å²) in [4.78, 5) is 19.5. The zero-order valence-corrected chi connectivity index (χ0v) is 18.6. The second kappa shape index (κ2) is 8.94. The highest BCUT2D eigenvalue weighted by Crippen LogP contribution is 2.40. The van der Waals surface area contributed by atoms with Crippen LogP contribution >= 0.6 is 0 Å². The number of nitrogens with two attached hydrogens (primary N) is 1. The molecular weight excluding hydrogens is 428 g/mol. The maximum Gasteiger partial charge on any atom is 0.387 e. The fraction of sp³-hybridized carbons (Fsp3) is 0.458. The molecule has 7 nitrogen and oxygen atoms in total. The fourth-order valence-corrected chi connectivity index (χ4v) is 4.36. The van der Waals surface area contributed by atoms with Gasteiger partial charge in [0.25, 0.3) is 5.91 Å². The summed E-state index contributed by atoms with van der Waals surface area (Å²) >= 11 is 0. The van der Waals surface area contributed by atoms with Crippen molar-refractivity contribution in [1.29, 1.82) is 5.26 Å². The Kier molecular flexibility index (Phi) is 6.21. The molecule has 1 unspecified atom stereocenters. The quantitative estimate of drug-likeness (QED) is 0.660. The van der Waals surface area contributed by atoms with Crippen molar-refractivity contribution in [3.63, 3.8) is 0 Å². The van der Waals surface area contributed by atoms with Crippen LogP contribution in [0.2, 0.25) is 0 Å². The van der Waals surface area contributed by atoms with Gasteiger partial charge in [-0.2, -0.15) is 14.0 Å². The van der Waals surface area contributed by atoms with Crippen molar-refractivity contribution in [2.24, 2.45) is 11.7 Å². The number of nitrogens with zero attached hydrogens (tertiary/aromatic N) is 3. The first-order valence-electron chi connectivity index (χ1n) is 11.0. The molecule has 1 saturated heterocycles. The molecule has 1 amide bonds. The monoisotopic (exact) mass is 455 g/mol. The van der Waals surface area contributed by atoms with E-state index in [4.69, 9.17) is 5.73 Å². The molecule has 9 heteroatoms. The molecule has 2 fully saturated rings. The highest BCUT2D eigenvalue weighted by Gasteiger charge is 2.36. The average molecular weight is 456 g/mol. The van der Waals surface area contributed by atoms with E-state index in [1.807, 2.05) is 18.7 Å². The lowest BCUT2D eigenvalue weighted by Gasteiger charge is -2.27. The van der Waals surface area contributed by atoms with Crippen molar-refractivity contribution in [2.45, 2.75) is 51.3 Å². The van der Waals surface area contributed by atoms with Crippen LogP contribution in [0.3, 0.4) is 0 Å². The van der Waals surface area contributed by atoms with Crippen LogP contribution in [0, 0.1) is 17.2 Å². The van der Waals surface area contributed by atoms with Crippen molar-refractivity contribution < 1.29 is 18.3 Å². The van der Waals surface area contributed by atoms with E-state index in [2.05, 4.69) is 21.1 Å².